The minimum Gasteiger partial charge on any atom is -0.465 e. The topological polar surface area (TPSA) is 68.6 Å². The van der Waals surface area contributed by atoms with Gasteiger partial charge in [0.05, 0.1) is 17.8 Å². The highest BCUT2D eigenvalue weighted by atomic mass is 16.5. The van der Waals surface area contributed by atoms with Crippen molar-refractivity contribution < 1.29 is 19.1 Å². The summed E-state index contributed by atoms with van der Waals surface area (Å²) in [6.45, 7) is 6.74. The van der Waals surface area contributed by atoms with Gasteiger partial charge in [0.1, 0.15) is 6.54 Å². The number of esters is 1. The highest BCUT2D eigenvalue weighted by Crippen LogP contribution is 2.30. The number of aromatic nitrogens is 1. The maximum absolute atomic E-state index is 11.8. The van der Waals surface area contributed by atoms with E-state index in [1.54, 1.807) is 19.1 Å². The highest BCUT2D eigenvalue weighted by molar-refractivity contribution is 6.17. The predicted octanol–water partition coefficient (Wildman–Crippen LogP) is 2.41. The first-order chi connectivity index (χ1) is 10.9. The molecule has 0 atom stereocenters. The summed E-state index contributed by atoms with van der Waals surface area (Å²) in [5.74, 6) is -1.02. The van der Waals surface area contributed by atoms with Crippen molar-refractivity contribution >= 4 is 34.4 Å². The number of imide groups is 1. The molecule has 2 amide bonds. The van der Waals surface area contributed by atoms with E-state index in [0.29, 0.717) is 12.3 Å². The van der Waals surface area contributed by atoms with Crippen molar-refractivity contribution in [1.29, 1.82) is 0 Å². The lowest BCUT2D eigenvalue weighted by Gasteiger charge is -2.18. The SMILES string of the molecule is CCOC(=O)Cn1c(C)cc2c(N(C(C)=O)C(C)=O)cccc21. The predicted molar refractivity (Wildman–Crippen MR) is 87.1 cm³/mol. The van der Waals surface area contributed by atoms with Crippen LogP contribution < -0.4 is 4.90 Å². The van der Waals surface area contributed by atoms with Crippen LogP contribution in [0.25, 0.3) is 10.9 Å². The number of carbonyl (C=O) groups is 3. The molecule has 0 aliphatic heterocycles. The molecule has 0 aliphatic carbocycles. The zero-order valence-electron chi connectivity index (χ0n) is 13.8. The molecule has 2 rings (SSSR count). The third-order valence-electron chi connectivity index (χ3n) is 3.59. The third kappa shape index (κ3) is 3.26. The van der Waals surface area contributed by atoms with Gasteiger partial charge in [-0.3, -0.25) is 19.3 Å². The molecule has 0 unspecified atom stereocenters. The van der Waals surface area contributed by atoms with Gasteiger partial charge in [0.15, 0.2) is 0 Å². The second-order valence-electron chi connectivity index (χ2n) is 5.26. The first-order valence-corrected chi connectivity index (χ1v) is 7.42. The van der Waals surface area contributed by atoms with Gasteiger partial charge in [-0.05, 0) is 32.0 Å². The van der Waals surface area contributed by atoms with Crippen molar-refractivity contribution in [2.75, 3.05) is 11.5 Å². The number of hydrogen-bond donors (Lipinski definition) is 0. The lowest BCUT2D eigenvalue weighted by molar-refractivity contribution is -0.143. The van der Waals surface area contributed by atoms with E-state index in [1.807, 2.05) is 23.6 Å². The molecule has 1 heterocycles. The molecule has 0 spiro atoms. The number of aryl methyl sites for hydroxylation is 1. The standard InChI is InChI=1S/C17H20N2O4/c1-5-23-17(22)10-18-11(2)9-14-15(18)7-6-8-16(14)19(12(3)20)13(4)21/h6-9H,5,10H2,1-4H3. The van der Waals surface area contributed by atoms with Crippen molar-refractivity contribution in [3.05, 3.63) is 30.0 Å². The fraction of sp³-hybridized carbons (Fsp3) is 0.353. The minimum atomic E-state index is -0.346. The van der Waals surface area contributed by atoms with Gasteiger partial charge in [0, 0.05) is 24.9 Å². The minimum absolute atomic E-state index is 0.0900. The Morgan fingerprint density at radius 1 is 1.17 bits per heavy atom. The highest BCUT2D eigenvalue weighted by Gasteiger charge is 2.21. The second kappa shape index (κ2) is 6.64. The van der Waals surface area contributed by atoms with Gasteiger partial charge in [0.2, 0.25) is 11.8 Å². The van der Waals surface area contributed by atoms with E-state index in [2.05, 4.69) is 0 Å². The van der Waals surface area contributed by atoms with E-state index in [4.69, 9.17) is 4.74 Å². The number of ether oxygens (including phenoxy) is 1. The molecule has 0 saturated heterocycles. The number of anilines is 1. The molecule has 0 fully saturated rings. The quantitative estimate of drug-likeness (QED) is 0.812. The van der Waals surface area contributed by atoms with Gasteiger partial charge in [-0.25, -0.2) is 0 Å². The van der Waals surface area contributed by atoms with Crippen molar-refractivity contribution in [1.82, 2.24) is 4.57 Å². The van der Waals surface area contributed by atoms with Gasteiger partial charge in [0.25, 0.3) is 0 Å². The summed E-state index contributed by atoms with van der Waals surface area (Å²) in [5.41, 5.74) is 2.15. The Hall–Kier alpha value is -2.63. The van der Waals surface area contributed by atoms with Gasteiger partial charge in [-0.15, -0.1) is 0 Å². The van der Waals surface area contributed by atoms with E-state index in [0.717, 1.165) is 21.5 Å². The summed E-state index contributed by atoms with van der Waals surface area (Å²) in [6.07, 6.45) is 0. The summed E-state index contributed by atoms with van der Waals surface area (Å²) < 4.78 is 6.81. The number of carbonyl (C=O) groups excluding carboxylic acids is 3. The summed E-state index contributed by atoms with van der Waals surface area (Å²) in [6, 6.07) is 7.20. The molecule has 23 heavy (non-hydrogen) atoms. The maximum atomic E-state index is 11.8. The molecule has 0 radical (unpaired) electrons. The van der Waals surface area contributed by atoms with Crippen molar-refractivity contribution in [3.63, 3.8) is 0 Å². The number of amides is 2. The molecule has 122 valence electrons. The second-order valence-corrected chi connectivity index (χ2v) is 5.26. The zero-order valence-corrected chi connectivity index (χ0v) is 13.8. The Balaban J connectivity index is 2.57. The Morgan fingerprint density at radius 2 is 1.83 bits per heavy atom. The molecular weight excluding hydrogens is 296 g/mol. The summed E-state index contributed by atoms with van der Waals surface area (Å²) in [7, 11) is 0. The molecular formula is C17H20N2O4. The molecule has 6 heteroatoms. The van der Waals surface area contributed by atoms with Gasteiger partial charge in [-0.1, -0.05) is 6.07 Å². The van der Waals surface area contributed by atoms with Crippen molar-refractivity contribution in [2.24, 2.45) is 0 Å². The summed E-state index contributed by atoms with van der Waals surface area (Å²) in [4.78, 5) is 36.5. The Bertz CT molecular complexity index is 762. The zero-order chi connectivity index (χ0) is 17.1. The molecule has 6 nitrogen and oxygen atoms in total. The van der Waals surface area contributed by atoms with Crippen LogP contribution in [0.2, 0.25) is 0 Å². The van der Waals surface area contributed by atoms with Crippen LogP contribution in [0.15, 0.2) is 24.3 Å². The number of hydrogen-bond acceptors (Lipinski definition) is 4. The smallest absolute Gasteiger partial charge is 0.325 e. The van der Waals surface area contributed by atoms with E-state index in [-0.39, 0.29) is 24.3 Å². The van der Waals surface area contributed by atoms with E-state index < -0.39 is 0 Å². The summed E-state index contributed by atoms with van der Waals surface area (Å²) in [5, 5.41) is 0.750. The number of benzene rings is 1. The van der Waals surface area contributed by atoms with Crippen molar-refractivity contribution in [3.8, 4) is 0 Å². The van der Waals surface area contributed by atoms with Crippen LogP contribution in [0.3, 0.4) is 0 Å². The molecule has 1 aromatic heterocycles. The third-order valence-corrected chi connectivity index (χ3v) is 3.59. The lowest BCUT2D eigenvalue weighted by Crippen LogP contribution is -2.33. The molecule has 0 saturated carbocycles. The van der Waals surface area contributed by atoms with Crippen LogP contribution in [0.1, 0.15) is 26.5 Å². The fourth-order valence-electron chi connectivity index (χ4n) is 2.70. The van der Waals surface area contributed by atoms with Crippen LogP contribution in [-0.4, -0.2) is 29.0 Å². The van der Waals surface area contributed by atoms with Crippen LogP contribution in [0.4, 0.5) is 5.69 Å². The van der Waals surface area contributed by atoms with Gasteiger partial charge < -0.3 is 9.30 Å². The Kier molecular flexibility index (Phi) is 4.83. The first kappa shape index (κ1) is 16.7. The first-order valence-electron chi connectivity index (χ1n) is 7.42. The molecule has 0 aliphatic rings. The van der Waals surface area contributed by atoms with E-state index >= 15 is 0 Å². The van der Waals surface area contributed by atoms with Gasteiger partial charge >= 0.3 is 5.97 Å². The Morgan fingerprint density at radius 3 is 2.39 bits per heavy atom. The molecule has 2 aromatic rings. The summed E-state index contributed by atoms with van der Waals surface area (Å²) >= 11 is 0. The molecule has 0 bridgehead atoms. The van der Waals surface area contributed by atoms with E-state index in [9.17, 15) is 14.4 Å². The van der Waals surface area contributed by atoms with Gasteiger partial charge in [-0.2, -0.15) is 0 Å². The fourth-order valence-corrected chi connectivity index (χ4v) is 2.70. The monoisotopic (exact) mass is 316 g/mol. The lowest BCUT2D eigenvalue weighted by atomic mass is 10.2. The normalized spacial score (nSPS) is 10.6. The maximum Gasteiger partial charge on any atom is 0.325 e. The van der Waals surface area contributed by atoms with Crippen LogP contribution in [0.5, 0.6) is 0 Å². The largest absolute Gasteiger partial charge is 0.465 e. The Labute approximate surface area is 134 Å². The average molecular weight is 316 g/mol. The molecule has 0 N–H and O–H groups in total. The van der Waals surface area contributed by atoms with E-state index in [1.165, 1.54) is 13.8 Å². The molecule has 1 aromatic carbocycles. The number of rotatable bonds is 4. The number of fused-ring (bicyclic) bond motifs is 1. The van der Waals surface area contributed by atoms with Crippen LogP contribution in [-0.2, 0) is 25.7 Å². The average Bonchev–Trinajstić information content (AvgIpc) is 2.76. The van der Waals surface area contributed by atoms with Crippen molar-refractivity contribution in [2.45, 2.75) is 34.2 Å². The van der Waals surface area contributed by atoms with Crippen LogP contribution >= 0.6 is 0 Å². The number of nitrogens with zero attached hydrogens (tertiary/aromatic N) is 2. The van der Waals surface area contributed by atoms with Crippen LogP contribution in [0, 0.1) is 6.92 Å².